The molecule has 1 aromatic rings. The molecule has 1 N–H and O–H groups in total. The standard InChI is InChI=1S/C8H10O2S.ClH/c9-8(10)5-1-3-7-4-2-6-11-7;/h2,4,6H,1,3,5H2,(H,9,10);1H. The fourth-order valence-corrected chi connectivity index (χ4v) is 1.62. The van der Waals surface area contributed by atoms with Gasteiger partial charge in [-0.05, 0) is 24.3 Å². The Morgan fingerprint density at radius 3 is 2.83 bits per heavy atom. The molecule has 1 heterocycles. The number of hydrogen-bond acceptors (Lipinski definition) is 2. The van der Waals surface area contributed by atoms with Gasteiger partial charge in [0.05, 0.1) is 0 Å². The van der Waals surface area contributed by atoms with Gasteiger partial charge in [-0.15, -0.1) is 23.7 Å². The molecule has 0 fully saturated rings. The molecule has 1 rings (SSSR count). The molecule has 0 saturated heterocycles. The Bertz CT molecular complexity index is 221. The smallest absolute Gasteiger partial charge is 0.303 e. The molecule has 68 valence electrons. The van der Waals surface area contributed by atoms with Crippen molar-refractivity contribution < 1.29 is 9.90 Å². The summed E-state index contributed by atoms with van der Waals surface area (Å²) in [6, 6.07) is 4.02. The van der Waals surface area contributed by atoms with Crippen molar-refractivity contribution in [3.05, 3.63) is 22.4 Å². The second-order valence-electron chi connectivity index (χ2n) is 2.33. The number of carbonyl (C=O) groups is 1. The number of aliphatic carboxylic acids is 1. The van der Waals surface area contributed by atoms with Crippen molar-refractivity contribution in [1.82, 2.24) is 0 Å². The largest absolute Gasteiger partial charge is 0.481 e. The van der Waals surface area contributed by atoms with Gasteiger partial charge in [0.15, 0.2) is 0 Å². The maximum atomic E-state index is 10.1. The lowest BCUT2D eigenvalue weighted by Crippen LogP contribution is -1.94. The van der Waals surface area contributed by atoms with Crippen LogP contribution in [0, 0.1) is 0 Å². The number of carboxylic acids is 1. The van der Waals surface area contributed by atoms with E-state index in [2.05, 4.69) is 0 Å². The van der Waals surface area contributed by atoms with Gasteiger partial charge in [-0.3, -0.25) is 4.79 Å². The Morgan fingerprint density at radius 1 is 1.58 bits per heavy atom. The number of carboxylic acid groups (broad SMARTS) is 1. The maximum absolute atomic E-state index is 10.1. The van der Waals surface area contributed by atoms with Crippen molar-refractivity contribution in [2.45, 2.75) is 19.3 Å². The minimum Gasteiger partial charge on any atom is -0.481 e. The Morgan fingerprint density at radius 2 is 2.33 bits per heavy atom. The Kier molecular flexibility index (Phi) is 5.76. The molecule has 0 aromatic carbocycles. The topological polar surface area (TPSA) is 37.3 Å². The molecule has 0 aliphatic rings. The molecule has 12 heavy (non-hydrogen) atoms. The first-order chi connectivity index (χ1) is 5.29. The number of hydrogen-bond donors (Lipinski definition) is 1. The van der Waals surface area contributed by atoms with Crippen LogP contribution < -0.4 is 0 Å². The fraction of sp³-hybridized carbons (Fsp3) is 0.375. The summed E-state index contributed by atoms with van der Waals surface area (Å²) in [5.41, 5.74) is 0. The van der Waals surface area contributed by atoms with Gasteiger partial charge in [-0.1, -0.05) is 6.07 Å². The second-order valence-corrected chi connectivity index (χ2v) is 3.36. The summed E-state index contributed by atoms with van der Waals surface area (Å²) in [4.78, 5) is 11.4. The highest BCUT2D eigenvalue weighted by atomic mass is 35.5. The molecule has 0 radical (unpaired) electrons. The summed E-state index contributed by atoms with van der Waals surface area (Å²) in [6.45, 7) is 0. The molecule has 0 aliphatic heterocycles. The van der Waals surface area contributed by atoms with E-state index in [1.165, 1.54) is 4.88 Å². The van der Waals surface area contributed by atoms with Gasteiger partial charge in [-0.25, -0.2) is 0 Å². The third kappa shape index (κ3) is 4.36. The Hall–Kier alpha value is -0.540. The van der Waals surface area contributed by atoms with E-state index in [1.807, 2.05) is 17.5 Å². The number of aryl methyl sites for hydroxylation is 1. The van der Waals surface area contributed by atoms with E-state index in [1.54, 1.807) is 11.3 Å². The molecule has 0 atom stereocenters. The molecular formula is C8H11ClO2S. The van der Waals surface area contributed by atoms with E-state index in [4.69, 9.17) is 5.11 Å². The van der Waals surface area contributed by atoms with Crippen LogP contribution in [0.2, 0.25) is 0 Å². The maximum Gasteiger partial charge on any atom is 0.303 e. The number of thiophene rings is 1. The normalized spacial score (nSPS) is 9.00. The summed E-state index contributed by atoms with van der Waals surface area (Å²) >= 11 is 1.68. The van der Waals surface area contributed by atoms with Crippen molar-refractivity contribution in [1.29, 1.82) is 0 Å². The van der Waals surface area contributed by atoms with Crippen LogP contribution in [0.1, 0.15) is 17.7 Å². The molecule has 0 spiro atoms. The highest BCUT2D eigenvalue weighted by molar-refractivity contribution is 7.09. The molecule has 2 nitrogen and oxygen atoms in total. The van der Waals surface area contributed by atoms with Crippen LogP contribution in [0.25, 0.3) is 0 Å². The van der Waals surface area contributed by atoms with Crippen LogP contribution in [-0.2, 0) is 11.2 Å². The molecule has 0 amide bonds. The fourth-order valence-electron chi connectivity index (χ4n) is 0.869. The predicted octanol–water partition coefficient (Wildman–Crippen LogP) is 2.58. The average Bonchev–Trinajstić information content (AvgIpc) is 2.39. The third-order valence-electron chi connectivity index (χ3n) is 1.39. The first-order valence-corrected chi connectivity index (χ1v) is 4.41. The molecule has 0 bridgehead atoms. The zero-order valence-corrected chi connectivity index (χ0v) is 8.16. The minimum absolute atomic E-state index is 0. The molecule has 1 aromatic heterocycles. The van der Waals surface area contributed by atoms with Gasteiger partial charge in [0.25, 0.3) is 0 Å². The van der Waals surface area contributed by atoms with Crippen LogP contribution >= 0.6 is 23.7 Å². The van der Waals surface area contributed by atoms with E-state index in [0.717, 1.165) is 12.8 Å². The summed E-state index contributed by atoms with van der Waals surface area (Å²) in [5, 5.41) is 10.4. The first kappa shape index (κ1) is 11.5. The zero-order valence-electron chi connectivity index (χ0n) is 6.53. The number of halogens is 1. The van der Waals surface area contributed by atoms with Gasteiger partial charge in [0, 0.05) is 11.3 Å². The highest BCUT2D eigenvalue weighted by Crippen LogP contribution is 2.11. The third-order valence-corrected chi connectivity index (χ3v) is 2.33. The lowest BCUT2D eigenvalue weighted by atomic mass is 10.2. The van der Waals surface area contributed by atoms with Crippen molar-refractivity contribution in [2.24, 2.45) is 0 Å². The lowest BCUT2D eigenvalue weighted by Gasteiger charge is -1.92. The van der Waals surface area contributed by atoms with Crippen LogP contribution in [0.3, 0.4) is 0 Å². The van der Waals surface area contributed by atoms with E-state index in [0.29, 0.717) is 0 Å². The second kappa shape index (κ2) is 6.03. The van der Waals surface area contributed by atoms with Crippen molar-refractivity contribution in [2.75, 3.05) is 0 Å². The van der Waals surface area contributed by atoms with Gasteiger partial charge in [0.2, 0.25) is 0 Å². The van der Waals surface area contributed by atoms with Crippen molar-refractivity contribution in [3.63, 3.8) is 0 Å². The molecule has 0 unspecified atom stereocenters. The number of rotatable bonds is 4. The molecule has 0 aliphatic carbocycles. The zero-order chi connectivity index (χ0) is 8.10. The Labute approximate surface area is 81.6 Å². The predicted molar refractivity (Wildman–Crippen MR) is 52.1 cm³/mol. The van der Waals surface area contributed by atoms with Crippen LogP contribution in [0.5, 0.6) is 0 Å². The van der Waals surface area contributed by atoms with E-state index in [-0.39, 0.29) is 18.8 Å². The van der Waals surface area contributed by atoms with Crippen LogP contribution in [0.15, 0.2) is 17.5 Å². The molecular weight excluding hydrogens is 196 g/mol. The molecule has 0 saturated carbocycles. The summed E-state index contributed by atoms with van der Waals surface area (Å²) < 4.78 is 0. The van der Waals surface area contributed by atoms with E-state index >= 15 is 0 Å². The lowest BCUT2D eigenvalue weighted by molar-refractivity contribution is -0.137. The van der Waals surface area contributed by atoms with E-state index < -0.39 is 5.97 Å². The summed E-state index contributed by atoms with van der Waals surface area (Å²) in [7, 11) is 0. The summed E-state index contributed by atoms with van der Waals surface area (Å²) in [6.07, 6.45) is 1.91. The quantitative estimate of drug-likeness (QED) is 0.822. The van der Waals surface area contributed by atoms with Gasteiger partial charge in [0.1, 0.15) is 0 Å². The van der Waals surface area contributed by atoms with Crippen LogP contribution in [-0.4, -0.2) is 11.1 Å². The minimum atomic E-state index is -0.707. The highest BCUT2D eigenvalue weighted by Gasteiger charge is 1.97. The average molecular weight is 207 g/mol. The van der Waals surface area contributed by atoms with E-state index in [9.17, 15) is 4.79 Å². The van der Waals surface area contributed by atoms with Gasteiger partial charge >= 0.3 is 5.97 Å². The summed E-state index contributed by atoms with van der Waals surface area (Å²) in [5.74, 6) is -0.707. The SMILES string of the molecule is Cl.O=C(O)CCCc1cccs1. The van der Waals surface area contributed by atoms with Gasteiger partial charge in [-0.2, -0.15) is 0 Å². The van der Waals surface area contributed by atoms with Crippen molar-refractivity contribution in [3.8, 4) is 0 Å². The Balaban J connectivity index is 0.00000121. The van der Waals surface area contributed by atoms with Gasteiger partial charge < -0.3 is 5.11 Å². The van der Waals surface area contributed by atoms with Crippen molar-refractivity contribution >= 4 is 29.7 Å². The van der Waals surface area contributed by atoms with Crippen LogP contribution in [0.4, 0.5) is 0 Å². The monoisotopic (exact) mass is 206 g/mol. The first-order valence-electron chi connectivity index (χ1n) is 3.53. The molecule has 4 heteroatoms.